The summed E-state index contributed by atoms with van der Waals surface area (Å²) in [6, 6.07) is 16.6. The van der Waals surface area contributed by atoms with E-state index >= 15 is 0 Å². The predicted octanol–water partition coefficient (Wildman–Crippen LogP) is 4.00. The average molecular weight is 395 g/mol. The number of carbonyl (C=O) groups excluding carboxylic acids is 1. The van der Waals surface area contributed by atoms with Crippen LogP contribution in [0.3, 0.4) is 0 Å². The summed E-state index contributed by atoms with van der Waals surface area (Å²) < 4.78 is 5.96. The molecule has 2 atom stereocenters. The molecule has 0 saturated carbocycles. The summed E-state index contributed by atoms with van der Waals surface area (Å²) in [5, 5.41) is 7.01. The fraction of sp³-hybridized carbons (Fsp3) is 0.350. The Morgan fingerprint density at radius 2 is 1.92 bits per heavy atom. The lowest BCUT2D eigenvalue weighted by molar-refractivity contribution is -0.128. The average Bonchev–Trinajstić information content (AvgIpc) is 3.15. The first-order chi connectivity index (χ1) is 12.2. The molecule has 1 heterocycles. The molecule has 1 fully saturated rings. The van der Waals surface area contributed by atoms with Crippen LogP contribution in [0.2, 0.25) is 5.02 Å². The van der Waals surface area contributed by atoms with E-state index in [1.54, 1.807) is 24.3 Å². The van der Waals surface area contributed by atoms with E-state index in [1.807, 2.05) is 30.3 Å². The number of benzene rings is 2. The Hall–Kier alpha value is -1.75. The third-order valence-electron chi connectivity index (χ3n) is 4.42. The van der Waals surface area contributed by atoms with Crippen LogP contribution in [-0.4, -0.2) is 25.5 Å². The van der Waals surface area contributed by atoms with Gasteiger partial charge in [0.1, 0.15) is 5.75 Å². The van der Waals surface area contributed by atoms with Gasteiger partial charge < -0.3 is 15.4 Å². The van der Waals surface area contributed by atoms with Crippen LogP contribution < -0.4 is 15.4 Å². The first-order valence-corrected chi connectivity index (χ1v) is 9.06. The van der Waals surface area contributed by atoms with Crippen LogP contribution >= 0.6 is 24.0 Å². The monoisotopic (exact) mass is 394 g/mol. The summed E-state index contributed by atoms with van der Waals surface area (Å²) in [4.78, 5) is 12.7. The third kappa shape index (κ3) is 5.90. The number of carbonyl (C=O) groups is 1. The maximum Gasteiger partial charge on any atom is 0.265 e. The zero-order chi connectivity index (χ0) is 17.5. The van der Waals surface area contributed by atoms with Gasteiger partial charge in [0.05, 0.1) is 0 Å². The lowest BCUT2D eigenvalue weighted by Gasteiger charge is -2.20. The van der Waals surface area contributed by atoms with Gasteiger partial charge in [0.2, 0.25) is 6.10 Å². The minimum absolute atomic E-state index is 0. The van der Waals surface area contributed by atoms with Gasteiger partial charge in [0.15, 0.2) is 0 Å². The molecule has 0 radical (unpaired) electrons. The molecule has 1 aliphatic heterocycles. The number of amides is 1. The summed E-state index contributed by atoms with van der Waals surface area (Å²) in [5.41, 5.74) is 0.831. The number of ether oxygens (including phenoxy) is 1. The fourth-order valence-corrected chi connectivity index (χ4v) is 3.13. The van der Waals surface area contributed by atoms with Crippen LogP contribution in [0.1, 0.15) is 24.5 Å². The van der Waals surface area contributed by atoms with Crippen LogP contribution in [0.4, 0.5) is 0 Å². The van der Waals surface area contributed by atoms with Gasteiger partial charge in [0, 0.05) is 17.1 Å². The van der Waals surface area contributed by atoms with Gasteiger partial charge in [-0.15, -0.1) is 12.4 Å². The summed E-state index contributed by atoms with van der Waals surface area (Å²) in [5.74, 6) is 1.15. The minimum atomic E-state index is -0.677. The molecule has 1 saturated heterocycles. The quantitative estimate of drug-likeness (QED) is 0.745. The molecular formula is C20H24Cl2N2O2. The van der Waals surface area contributed by atoms with Gasteiger partial charge in [-0.3, -0.25) is 4.79 Å². The molecule has 2 aromatic carbocycles. The van der Waals surface area contributed by atoms with Gasteiger partial charge >= 0.3 is 0 Å². The molecule has 0 spiro atoms. The Balaban J connectivity index is 0.00000243. The van der Waals surface area contributed by atoms with Crippen molar-refractivity contribution in [3.63, 3.8) is 0 Å². The van der Waals surface area contributed by atoms with Crippen molar-refractivity contribution in [3.8, 4) is 5.75 Å². The molecule has 4 nitrogen and oxygen atoms in total. The van der Waals surface area contributed by atoms with Crippen molar-refractivity contribution < 1.29 is 9.53 Å². The highest BCUT2D eigenvalue weighted by Crippen LogP contribution is 2.24. The van der Waals surface area contributed by atoms with Crippen LogP contribution in [0.15, 0.2) is 54.6 Å². The fourth-order valence-electron chi connectivity index (χ4n) is 3.00. The molecule has 140 valence electrons. The summed E-state index contributed by atoms with van der Waals surface area (Å²) in [7, 11) is 0. The molecule has 0 aliphatic carbocycles. The maximum absolute atomic E-state index is 12.7. The number of hydrogen-bond acceptors (Lipinski definition) is 3. The van der Waals surface area contributed by atoms with E-state index < -0.39 is 6.10 Å². The van der Waals surface area contributed by atoms with E-state index in [0.717, 1.165) is 25.1 Å². The van der Waals surface area contributed by atoms with E-state index in [2.05, 4.69) is 10.6 Å². The number of rotatable bonds is 7. The second-order valence-electron chi connectivity index (χ2n) is 6.30. The Labute approximate surface area is 165 Å². The van der Waals surface area contributed by atoms with Gasteiger partial charge in [-0.25, -0.2) is 0 Å². The molecule has 6 heteroatoms. The van der Waals surface area contributed by atoms with Crippen molar-refractivity contribution in [3.05, 3.63) is 65.2 Å². The molecule has 0 aromatic heterocycles. The highest BCUT2D eigenvalue weighted by Gasteiger charge is 2.23. The Bertz CT molecular complexity index is 674. The largest absolute Gasteiger partial charge is 0.476 e. The molecular weight excluding hydrogens is 371 g/mol. The van der Waals surface area contributed by atoms with Gasteiger partial charge in [-0.1, -0.05) is 41.9 Å². The first-order valence-electron chi connectivity index (χ1n) is 8.68. The van der Waals surface area contributed by atoms with Gasteiger partial charge in [-0.05, 0) is 56.1 Å². The lowest BCUT2D eigenvalue weighted by atomic mass is 10.0. The number of halogens is 2. The van der Waals surface area contributed by atoms with Crippen molar-refractivity contribution in [2.45, 2.75) is 18.9 Å². The molecule has 26 heavy (non-hydrogen) atoms. The topological polar surface area (TPSA) is 50.4 Å². The molecule has 2 unspecified atom stereocenters. The molecule has 2 aromatic rings. The van der Waals surface area contributed by atoms with Crippen LogP contribution in [0.5, 0.6) is 5.75 Å². The Kier molecular flexibility index (Phi) is 8.23. The van der Waals surface area contributed by atoms with Crippen LogP contribution in [0, 0.1) is 5.92 Å². The normalized spacial score (nSPS) is 17.2. The minimum Gasteiger partial charge on any atom is -0.476 e. The molecule has 1 aliphatic rings. The SMILES string of the molecule is Cl.O=C(NCCC1CCNC1)C(Oc1ccc(Cl)cc1)c1ccccc1. The molecule has 3 rings (SSSR count). The highest BCUT2D eigenvalue weighted by molar-refractivity contribution is 6.30. The van der Waals surface area contributed by atoms with E-state index in [4.69, 9.17) is 16.3 Å². The number of hydrogen-bond donors (Lipinski definition) is 2. The van der Waals surface area contributed by atoms with Gasteiger partial charge in [-0.2, -0.15) is 0 Å². The van der Waals surface area contributed by atoms with Crippen molar-refractivity contribution >= 4 is 29.9 Å². The van der Waals surface area contributed by atoms with Gasteiger partial charge in [0.25, 0.3) is 5.91 Å². The van der Waals surface area contributed by atoms with Crippen molar-refractivity contribution in [1.29, 1.82) is 0 Å². The maximum atomic E-state index is 12.7. The summed E-state index contributed by atoms with van der Waals surface area (Å²) in [6.07, 6.45) is 1.49. The van der Waals surface area contributed by atoms with E-state index in [1.165, 1.54) is 6.42 Å². The lowest BCUT2D eigenvalue weighted by Crippen LogP contribution is -2.34. The van der Waals surface area contributed by atoms with Crippen molar-refractivity contribution in [2.24, 2.45) is 5.92 Å². The summed E-state index contributed by atoms with van der Waals surface area (Å²) >= 11 is 5.92. The highest BCUT2D eigenvalue weighted by atomic mass is 35.5. The predicted molar refractivity (Wildman–Crippen MR) is 107 cm³/mol. The molecule has 1 amide bonds. The molecule has 0 bridgehead atoms. The second kappa shape index (κ2) is 10.4. The smallest absolute Gasteiger partial charge is 0.265 e. The Morgan fingerprint density at radius 1 is 1.19 bits per heavy atom. The van der Waals surface area contributed by atoms with Crippen molar-refractivity contribution in [1.82, 2.24) is 10.6 Å². The van der Waals surface area contributed by atoms with E-state index in [-0.39, 0.29) is 18.3 Å². The molecule has 2 N–H and O–H groups in total. The summed E-state index contributed by atoms with van der Waals surface area (Å²) in [6.45, 7) is 2.78. The van der Waals surface area contributed by atoms with E-state index in [9.17, 15) is 4.79 Å². The third-order valence-corrected chi connectivity index (χ3v) is 4.67. The zero-order valence-corrected chi connectivity index (χ0v) is 16.1. The van der Waals surface area contributed by atoms with E-state index in [0.29, 0.717) is 23.2 Å². The van der Waals surface area contributed by atoms with Crippen LogP contribution in [-0.2, 0) is 4.79 Å². The Morgan fingerprint density at radius 3 is 2.58 bits per heavy atom. The standard InChI is InChI=1S/C20H23ClN2O2.ClH/c21-17-6-8-18(9-7-17)25-19(16-4-2-1-3-5-16)20(24)23-13-11-15-10-12-22-14-15;/h1-9,15,19,22H,10-14H2,(H,23,24);1H. The van der Waals surface area contributed by atoms with Crippen molar-refractivity contribution in [2.75, 3.05) is 19.6 Å². The van der Waals surface area contributed by atoms with Crippen LogP contribution in [0.25, 0.3) is 0 Å². The second-order valence-corrected chi connectivity index (χ2v) is 6.74. The number of nitrogens with one attached hydrogen (secondary N) is 2. The first kappa shape index (κ1) is 20.6. The zero-order valence-electron chi connectivity index (χ0n) is 14.5.